The van der Waals surface area contributed by atoms with Crippen molar-refractivity contribution in [3.63, 3.8) is 0 Å². The van der Waals surface area contributed by atoms with Crippen LogP contribution in [0.5, 0.6) is 0 Å². The van der Waals surface area contributed by atoms with Crippen molar-refractivity contribution in [3.8, 4) is 11.5 Å². The van der Waals surface area contributed by atoms with Crippen LogP contribution in [0.2, 0.25) is 0 Å². The Morgan fingerprint density at radius 1 is 1.00 bits per heavy atom. The number of carbonyl (C=O) groups excluding carboxylic acids is 1. The number of furan rings is 1. The van der Waals surface area contributed by atoms with Gasteiger partial charge in [0.2, 0.25) is 5.91 Å². The van der Waals surface area contributed by atoms with Crippen molar-refractivity contribution in [2.24, 2.45) is 0 Å². The lowest BCUT2D eigenvalue weighted by molar-refractivity contribution is -0.116. The minimum absolute atomic E-state index is 0.102. The van der Waals surface area contributed by atoms with Crippen molar-refractivity contribution in [3.05, 3.63) is 78.3 Å². The van der Waals surface area contributed by atoms with Gasteiger partial charge in [-0.1, -0.05) is 30.3 Å². The Kier molecular flexibility index (Phi) is 4.57. The fraction of sp³-hybridized carbons (Fsp3) is 0.150. The first-order chi connectivity index (χ1) is 13.2. The second-order valence-electron chi connectivity index (χ2n) is 6.24. The molecule has 4 rings (SSSR count). The van der Waals surface area contributed by atoms with Crippen molar-refractivity contribution in [2.75, 3.05) is 5.32 Å². The molecule has 0 aliphatic heterocycles. The molecule has 1 N–H and O–H groups in total. The predicted octanol–water partition coefficient (Wildman–Crippen LogP) is 3.34. The number of rotatable bonds is 6. The molecule has 1 amide bonds. The first-order valence-corrected chi connectivity index (χ1v) is 8.63. The summed E-state index contributed by atoms with van der Waals surface area (Å²) in [7, 11) is 0. The zero-order valence-corrected chi connectivity index (χ0v) is 14.9. The highest BCUT2D eigenvalue weighted by Crippen LogP contribution is 2.19. The van der Waals surface area contributed by atoms with Gasteiger partial charge in [-0.25, -0.2) is 0 Å². The normalized spacial score (nSPS) is 10.9. The summed E-state index contributed by atoms with van der Waals surface area (Å²) in [6.07, 6.45) is 3.59. The number of hydrogen-bond acceptors (Lipinski definition) is 4. The van der Waals surface area contributed by atoms with Gasteiger partial charge in [0, 0.05) is 18.5 Å². The Morgan fingerprint density at radius 3 is 2.59 bits per heavy atom. The molecule has 0 aliphatic carbocycles. The third-order valence-corrected chi connectivity index (χ3v) is 4.03. The number of carbonyl (C=O) groups is 1. The lowest BCUT2D eigenvalue weighted by Crippen LogP contribution is -2.19. The van der Waals surface area contributed by atoms with Gasteiger partial charge in [-0.15, -0.1) is 0 Å². The molecule has 0 atom stereocenters. The predicted molar refractivity (Wildman–Crippen MR) is 101 cm³/mol. The molecule has 0 spiro atoms. The molecule has 3 aromatic heterocycles. The SMILES string of the molecule is Cc1ccc(-c2ccn(CC(=O)Nc3ccn(Cc4ccccc4)n3)n2)o1. The van der Waals surface area contributed by atoms with Gasteiger partial charge < -0.3 is 9.73 Å². The number of amides is 1. The maximum absolute atomic E-state index is 12.3. The third-order valence-electron chi connectivity index (χ3n) is 4.03. The monoisotopic (exact) mass is 361 g/mol. The van der Waals surface area contributed by atoms with Crippen LogP contribution in [0.4, 0.5) is 5.82 Å². The Bertz CT molecular complexity index is 1050. The fourth-order valence-corrected chi connectivity index (χ4v) is 2.77. The number of anilines is 1. The molecule has 1 aromatic carbocycles. The van der Waals surface area contributed by atoms with E-state index in [0.717, 1.165) is 11.3 Å². The number of aromatic nitrogens is 4. The minimum atomic E-state index is -0.190. The number of nitrogens with zero attached hydrogens (tertiary/aromatic N) is 4. The molecule has 0 radical (unpaired) electrons. The van der Waals surface area contributed by atoms with Crippen LogP contribution in [0.15, 0.2) is 71.4 Å². The minimum Gasteiger partial charge on any atom is -0.460 e. The Morgan fingerprint density at radius 2 is 1.81 bits per heavy atom. The van der Waals surface area contributed by atoms with Gasteiger partial charge in [0.1, 0.15) is 18.0 Å². The van der Waals surface area contributed by atoms with Gasteiger partial charge in [0.15, 0.2) is 11.6 Å². The van der Waals surface area contributed by atoms with E-state index in [-0.39, 0.29) is 12.5 Å². The van der Waals surface area contributed by atoms with Gasteiger partial charge in [-0.2, -0.15) is 10.2 Å². The van der Waals surface area contributed by atoms with E-state index >= 15 is 0 Å². The van der Waals surface area contributed by atoms with Crippen LogP contribution in [-0.4, -0.2) is 25.5 Å². The number of benzene rings is 1. The highest BCUT2D eigenvalue weighted by Gasteiger charge is 2.10. The fourth-order valence-electron chi connectivity index (χ4n) is 2.77. The standard InChI is InChI=1S/C20H19N5O2/c1-15-7-8-18(27-15)17-9-11-25(22-17)14-20(26)21-19-10-12-24(23-19)13-16-5-3-2-4-6-16/h2-12H,13-14H2,1H3,(H,21,23,26). The molecule has 136 valence electrons. The average Bonchev–Trinajstić information content (AvgIpc) is 3.38. The third kappa shape index (κ3) is 4.14. The summed E-state index contributed by atoms with van der Waals surface area (Å²) < 4.78 is 8.91. The largest absolute Gasteiger partial charge is 0.460 e. The van der Waals surface area contributed by atoms with Crippen LogP contribution in [-0.2, 0) is 17.9 Å². The molecular formula is C20H19N5O2. The average molecular weight is 361 g/mol. The molecule has 0 aliphatic rings. The van der Waals surface area contributed by atoms with Crippen molar-refractivity contribution in [1.82, 2.24) is 19.6 Å². The van der Waals surface area contributed by atoms with Crippen LogP contribution < -0.4 is 5.32 Å². The number of nitrogens with one attached hydrogen (secondary N) is 1. The maximum atomic E-state index is 12.3. The number of hydrogen-bond donors (Lipinski definition) is 1. The first-order valence-electron chi connectivity index (χ1n) is 8.63. The molecule has 27 heavy (non-hydrogen) atoms. The van der Waals surface area contributed by atoms with E-state index < -0.39 is 0 Å². The van der Waals surface area contributed by atoms with Gasteiger partial charge in [-0.05, 0) is 30.7 Å². The van der Waals surface area contributed by atoms with E-state index in [4.69, 9.17) is 4.42 Å². The highest BCUT2D eigenvalue weighted by atomic mass is 16.3. The maximum Gasteiger partial charge on any atom is 0.247 e. The zero-order valence-electron chi connectivity index (χ0n) is 14.9. The van der Waals surface area contributed by atoms with Crippen LogP contribution in [0.3, 0.4) is 0 Å². The van der Waals surface area contributed by atoms with Crippen molar-refractivity contribution < 1.29 is 9.21 Å². The summed E-state index contributed by atoms with van der Waals surface area (Å²) in [5.41, 5.74) is 1.85. The van der Waals surface area contributed by atoms with Crippen molar-refractivity contribution in [1.29, 1.82) is 0 Å². The second kappa shape index (κ2) is 7.33. The van der Waals surface area contributed by atoms with E-state index in [1.165, 1.54) is 0 Å². The van der Waals surface area contributed by atoms with Crippen molar-refractivity contribution >= 4 is 11.7 Å². The summed E-state index contributed by atoms with van der Waals surface area (Å²) in [5, 5.41) is 11.6. The van der Waals surface area contributed by atoms with E-state index in [9.17, 15) is 4.79 Å². The number of aryl methyl sites for hydroxylation is 1. The van der Waals surface area contributed by atoms with Gasteiger partial charge in [0.05, 0.1) is 6.54 Å². The quantitative estimate of drug-likeness (QED) is 0.571. The van der Waals surface area contributed by atoms with Gasteiger partial charge >= 0.3 is 0 Å². The molecule has 7 heteroatoms. The molecular weight excluding hydrogens is 342 g/mol. The van der Waals surface area contributed by atoms with Crippen LogP contribution in [0.1, 0.15) is 11.3 Å². The first kappa shape index (κ1) is 16.8. The Labute approximate surface area is 156 Å². The summed E-state index contributed by atoms with van der Waals surface area (Å²) in [5.74, 6) is 1.84. The molecule has 0 saturated heterocycles. The van der Waals surface area contributed by atoms with E-state index in [2.05, 4.69) is 15.5 Å². The Balaban J connectivity index is 1.35. The summed E-state index contributed by atoms with van der Waals surface area (Å²) >= 11 is 0. The zero-order chi connectivity index (χ0) is 18.6. The van der Waals surface area contributed by atoms with Crippen LogP contribution in [0.25, 0.3) is 11.5 Å². The van der Waals surface area contributed by atoms with E-state index in [0.29, 0.717) is 23.8 Å². The summed E-state index contributed by atoms with van der Waals surface area (Å²) in [4.78, 5) is 12.3. The summed E-state index contributed by atoms with van der Waals surface area (Å²) in [6.45, 7) is 2.64. The topological polar surface area (TPSA) is 77.9 Å². The highest BCUT2D eigenvalue weighted by molar-refractivity contribution is 5.89. The molecule has 0 saturated carbocycles. The Hall–Kier alpha value is -3.61. The van der Waals surface area contributed by atoms with Crippen LogP contribution >= 0.6 is 0 Å². The van der Waals surface area contributed by atoms with E-state index in [1.54, 1.807) is 21.6 Å². The van der Waals surface area contributed by atoms with Crippen molar-refractivity contribution in [2.45, 2.75) is 20.0 Å². The lowest BCUT2D eigenvalue weighted by Gasteiger charge is -2.03. The molecule has 0 fully saturated rings. The summed E-state index contributed by atoms with van der Waals surface area (Å²) in [6, 6.07) is 17.4. The molecule has 0 unspecified atom stereocenters. The smallest absolute Gasteiger partial charge is 0.247 e. The molecule has 3 heterocycles. The van der Waals surface area contributed by atoms with Crippen LogP contribution in [0, 0.1) is 6.92 Å². The van der Waals surface area contributed by atoms with Gasteiger partial charge in [-0.3, -0.25) is 14.2 Å². The molecule has 4 aromatic rings. The lowest BCUT2D eigenvalue weighted by atomic mass is 10.2. The molecule has 7 nitrogen and oxygen atoms in total. The molecule has 0 bridgehead atoms. The van der Waals surface area contributed by atoms with Gasteiger partial charge in [0.25, 0.3) is 0 Å². The second-order valence-corrected chi connectivity index (χ2v) is 6.24. The van der Waals surface area contributed by atoms with E-state index in [1.807, 2.05) is 61.7 Å².